The highest BCUT2D eigenvalue weighted by Gasteiger charge is 2.30. The number of aliphatic imine (C=N–C) groups is 2. The first-order valence-corrected chi connectivity index (χ1v) is 4.34. The molecule has 0 spiro atoms. The molecule has 0 radical (unpaired) electrons. The first kappa shape index (κ1) is 8.66. The van der Waals surface area contributed by atoms with E-state index >= 15 is 0 Å². The molecule has 0 saturated carbocycles. The first-order valence-electron chi connectivity index (χ1n) is 3.59. The highest BCUT2D eigenvalue weighted by Crippen LogP contribution is 2.26. The Morgan fingerprint density at radius 2 is 2.08 bits per heavy atom. The van der Waals surface area contributed by atoms with Gasteiger partial charge >= 0.3 is 0 Å². The van der Waals surface area contributed by atoms with Crippen molar-refractivity contribution < 1.29 is 4.79 Å². The van der Waals surface area contributed by atoms with Gasteiger partial charge in [-0.1, -0.05) is 17.7 Å². The Balaban J connectivity index is 2.48. The molecule has 0 aromatic heterocycles. The monoisotopic (exact) mass is 214 g/mol. The normalized spacial score (nSPS) is 26.2. The molecule has 1 unspecified atom stereocenters. The van der Waals surface area contributed by atoms with Crippen molar-refractivity contribution in [1.29, 1.82) is 0 Å². The van der Waals surface area contributed by atoms with Crippen LogP contribution in [0.15, 0.2) is 33.2 Å². The van der Waals surface area contributed by atoms with Crippen LogP contribution in [0.1, 0.15) is 0 Å². The van der Waals surface area contributed by atoms with Gasteiger partial charge in [-0.25, -0.2) is 4.99 Å². The number of carbonyl (C=O) groups is 1. The highest BCUT2D eigenvalue weighted by atomic mass is 35.5. The summed E-state index contributed by atoms with van der Waals surface area (Å²) in [6.07, 6.45) is 5.07. The molecule has 3 nitrogen and oxygen atoms in total. The van der Waals surface area contributed by atoms with E-state index in [2.05, 4.69) is 9.98 Å². The van der Waals surface area contributed by atoms with E-state index in [1.807, 2.05) is 0 Å². The smallest absolute Gasteiger partial charge is 0.262 e. The number of carbonyl (C=O) groups excluding carboxylic acids is 1. The van der Waals surface area contributed by atoms with Gasteiger partial charge in [-0.05, 0) is 23.8 Å². The standard InChI is InChI=1S/C8H4Cl2N2O/c9-4-2-1-3-5-6(4)7(13)12-8(10)11-5/h1-3,6H. The Kier molecular flexibility index (Phi) is 2.06. The third kappa shape index (κ3) is 1.45. The van der Waals surface area contributed by atoms with E-state index in [4.69, 9.17) is 23.2 Å². The predicted octanol–water partition coefficient (Wildman–Crippen LogP) is 1.87. The highest BCUT2D eigenvalue weighted by molar-refractivity contribution is 6.67. The van der Waals surface area contributed by atoms with Gasteiger partial charge in [0.1, 0.15) is 5.92 Å². The Morgan fingerprint density at radius 1 is 1.31 bits per heavy atom. The van der Waals surface area contributed by atoms with E-state index < -0.39 is 5.92 Å². The van der Waals surface area contributed by atoms with Crippen molar-refractivity contribution in [3.05, 3.63) is 23.3 Å². The first-order chi connectivity index (χ1) is 6.18. The maximum Gasteiger partial charge on any atom is 0.262 e. The molecule has 1 heterocycles. The van der Waals surface area contributed by atoms with Crippen LogP contribution < -0.4 is 0 Å². The van der Waals surface area contributed by atoms with Crippen molar-refractivity contribution in [2.24, 2.45) is 15.9 Å². The van der Waals surface area contributed by atoms with Crippen LogP contribution in [0.25, 0.3) is 0 Å². The molecule has 1 aliphatic carbocycles. The Hall–Kier alpha value is -0.930. The summed E-state index contributed by atoms with van der Waals surface area (Å²) in [4.78, 5) is 18.8. The van der Waals surface area contributed by atoms with E-state index in [1.54, 1.807) is 18.2 Å². The summed E-state index contributed by atoms with van der Waals surface area (Å²) in [6.45, 7) is 0. The van der Waals surface area contributed by atoms with Gasteiger partial charge in [-0.3, -0.25) is 4.79 Å². The average molecular weight is 215 g/mol. The average Bonchev–Trinajstić information content (AvgIpc) is 2.02. The molecule has 0 N–H and O–H groups in total. The van der Waals surface area contributed by atoms with Gasteiger partial charge in [0.2, 0.25) is 5.29 Å². The third-order valence-electron chi connectivity index (χ3n) is 1.76. The van der Waals surface area contributed by atoms with Gasteiger partial charge in [0, 0.05) is 5.03 Å². The lowest BCUT2D eigenvalue weighted by Gasteiger charge is -2.18. The number of fused-ring (bicyclic) bond motifs is 1. The van der Waals surface area contributed by atoms with E-state index in [9.17, 15) is 4.79 Å². The van der Waals surface area contributed by atoms with Gasteiger partial charge in [0.15, 0.2) is 0 Å². The van der Waals surface area contributed by atoms with Crippen molar-refractivity contribution in [3.63, 3.8) is 0 Å². The Labute approximate surface area is 84.5 Å². The Morgan fingerprint density at radius 3 is 2.85 bits per heavy atom. The molecule has 1 amide bonds. The second-order valence-corrected chi connectivity index (χ2v) is 3.37. The zero-order valence-corrected chi connectivity index (χ0v) is 7.88. The zero-order chi connectivity index (χ0) is 9.42. The summed E-state index contributed by atoms with van der Waals surface area (Å²) >= 11 is 11.4. The molecule has 2 aliphatic rings. The summed E-state index contributed by atoms with van der Waals surface area (Å²) in [5.41, 5.74) is 0.553. The predicted molar refractivity (Wildman–Crippen MR) is 52.3 cm³/mol. The van der Waals surface area contributed by atoms with Crippen LogP contribution in [0.4, 0.5) is 0 Å². The van der Waals surface area contributed by atoms with Crippen molar-refractivity contribution in [3.8, 4) is 0 Å². The van der Waals surface area contributed by atoms with Crippen LogP contribution in [-0.2, 0) is 4.79 Å². The second-order valence-electron chi connectivity index (χ2n) is 2.60. The lowest BCUT2D eigenvalue weighted by molar-refractivity contribution is -0.118. The van der Waals surface area contributed by atoms with E-state index in [-0.39, 0.29) is 11.2 Å². The SMILES string of the molecule is O=C1N=C(Cl)N=C2C=CC=C(Cl)C12. The molecular weight excluding hydrogens is 211 g/mol. The van der Waals surface area contributed by atoms with Gasteiger partial charge in [-0.2, -0.15) is 4.99 Å². The maximum absolute atomic E-state index is 11.3. The van der Waals surface area contributed by atoms with E-state index in [0.29, 0.717) is 10.7 Å². The number of hydrogen-bond acceptors (Lipinski definition) is 2. The van der Waals surface area contributed by atoms with Crippen LogP contribution in [0, 0.1) is 5.92 Å². The van der Waals surface area contributed by atoms with Crippen LogP contribution >= 0.6 is 23.2 Å². The fourth-order valence-corrected chi connectivity index (χ4v) is 1.66. The fourth-order valence-electron chi connectivity index (χ4n) is 1.21. The molecule has 0 fully saturated rings. The molecule has 1 aliphatic heterocycles. The van der Waals surface area contributed by atoms with E-state index in [0.717, 1.165) is 0 Å². The molecular formula is C8H4Cl2N2O. The van der Waals surface area contributed by atoms with Crippen molar-refractivity contribution in [2.45, 2.75) is 0 Å². The van der Waals surface area contributed by atoms with Crippen LogP contribution in [0.3, 0.4) is 0 Å². The van der Waals surface area contributed by atoms with Crippen molar-refractivity contribution in [1.82, 2.24) is 0 Å². The van der Waals surface area contributed by atoms with Crippen molar-refractivity contribution >= 4 is 40.1 Å². The minimum Gasteiger partial charge on any atom is -0.271 e. The van der Waals surface area contributed by atoms with E-state index in [1.165, 1.54) is 0 Å². The minimum absolute atomic E-state index is 0.0349. The van der Waals surface area contributed by atoms with Crippen LogP contribution in [0.2, 0.25) is 0 Å². The summed E-state index contributed by atoms with van der Waals surface area (Å²) in [5.74, 6) is -0.908. The molecule has 0 aromatic rings. The molecule has 66 valence electrons. The molecule has 0 aromatic carbocycles. The summed E-state index contributed by atoms with van der Waals surface area (Å²) < 4.78 is 0. The molecule has 0 bridgehead atoms. The van der Waals surface area contributed by atoms with Crippen molar-refractivity contribution in [2.75, 3.05) is 0 Å². The lowest BCUT2D eigenvalue weighted by atomic mass is 9.97. The molecule has 2 rings (SSSR count). The third-order valence-corrected chi connectivity index (χ3v) is 2.28. The minimum atomic E-state index is -0.547. The van der Waals surface area contributed by atoms with Crippen LogP contribution in [-0.4, -0.2) is 16.9 Å². The number of halogens is 2. The number of rotatable bonds is 0. The molecule has 5 heteroatoms. The van der Waals surface area contributed by atoms with Gasteiger partial charge in [-0.15, -0.1) is 0 Å². The van der Waals surface area contributed by atoms with Crippen LogP contribution in [0.5, 0.6) is 0 Å². The molecule has 0 saturated heterocycles. The maximum atomic E-state index is 11.3. The summed E-state index contributed by atoms with van der Waals surface area (Å²) in [7, 11) is 0. The van der Waals surface area contributed by atoms with Gasteiger partial charge < -0.3 is 0 Å². The quantitative estimate of drug-likeness (QED) is 0.568. The zero-order valence-electron chi connectivity index (χ0n) is 6.37. The molecule has 1 atom stereocenters. The molecule has 13 heavy (non-hydrogen) atoms. The topological polar surface area (TPSA) is 41.8 Å². The van der Waals surface area contributed by atoms with Gasteiger partial charge in [0.25, 0.3) is 5.91 Å². The summed E-state index contributed by atoms with van der Waals surface area (Å²) in [6, 6.07) is 0. The largest absolute Gasteiger partial charge is 0.271 e. The summed E-state index contributed by atoms with van der Waals surface area (Å²) in [5, 5.41) is 0.395. The number of allylic oxidation sites excluding steroid dienone is 3. The second kappa shape index (κ2) is 3.09. The lowest BCUT2D eigenvalue weighted by Crippen LogP contribution is -2.27. The number of hydrogen-bond donors (Lipinski definition) is 0. The van der Waals surface area contributed by atoms with Gasteiger partial charge in [0.05, 0.1) is 5.71 Å². The number of nitrogens with zero attached hydrogens (tertiary/aromatic N) is 2. The number of amides is 1. The Bertz CT molecular complexity index is 393. The number of amidine groups is 1. The fraction of sp³-hybridized carbons (Fsp3) is 0.125.